The lowest BCUT2D eigenvalue weighted by Gasteiger charge is -2.29. The number of phenolic OH excluding ortho intramolecular Hbond substituents is 1. The van der Waals surface area contributed by atoms with Crippen molar-refractivity contribution in [1.29, 1.82) is 0 Å². The highest BCUT2D eigenvalue weighted by atomic mass is 16.5. The summed E-state index contributed by atoms with van der Waals surface area (Å²) in [6.07, 6.45) is 1.82. The second-order valence-corrected chi connectivity index (χ2v) is 13.4. The van der Waals surface area contributed by atoms with E-state index >= 15 is 0 Å². The Balaban J connectivity index is 0.918. The number of ether oxygens (including phenoxy) is 1. The molecule has 0 bridgehead atoms. The predicted molar refractivity (Wildman–Crippen MR) is 200 cm³/mol. The number of carbonyl (C=O) groups excluding carboxylic acids is 2. The summed E-state index contributed by atoms with van der Waals surface area (Å²) in [5, 5.41) is 51.7. The number of aromatic nitrogens is 1. The topological polar surface area (TPSA) is 210 Å². The third-order valence-electron chi connectivity index (χ3n) is 9.70. The third-order valence-corrected chi connectivity index (χ3v) is 9.70. The lowest BCUT2D eigenvalue weighted by atomic mass is 9.86. The largest absolute Gasteiger partial charge is 0.506 e. The highest BCUT2D eigenvalue weighted by molar-refractivity contribution is 5.94. The Morgan fingerprint density at radius 2 is 1.52 bits per heavy atom. The number of carboxylic acid groups (broad SMARTS) is 1. The normalized spacial score (nSPS) is 17.2. The molecule has 13 nitrogen and oxygen atoms in total. The number of aliphatic hydroxyl groups is 2. The first-order valence-corrected chi connectivity index (χ1v) is 17.7. The van der Waals surface area contributed by atoms with Crippen molar-refractivity contribution < 1.29 is 39.5 Å². The van der Waals surface area contributed by atoms with E-state index in [4.69, 9.17) is 4.74 Å². The molecule has 0 saturated heterocycles. The van der Waals surface area contributed by atoms with Gasteiger partial charge in [-0.1, -0.05) is 60.7 Å². The van der Waals surface area contributed by atoms with Crippen LogP contribution >= 0.6 is 0 Å². The molecule has 54 heavy (non-hydrogen) atoms. The number of rotatable bonds is 14. The summed E-state index contributed by atoms with van der Waals surface area (Å²) in [5.41, 5.74) is -0.0639. The Kier molecular flexibility index (Phi) is 11.7. The first kappa shape index (κ1) is 37.7. The maximum absolute atomic E-state index is 13.0. The molecule has 0 spiro atoms. The van der Waals surface area contributed by atoms with Crippen molar-refractivity contribution in [3.63, 3.8) is 0 Å². The number of H-pyrrole nitrogens is 1. The second-order valence-electron chi connectivity index (χ2n) is 13.4. The zero-order valence-electron chi connectivity index (χ0n) is 29.3. The van der Waals surface area contributed by atoms with E-state index in [9.17, 15) is 39.6 Å². The predicted octanol–water partition coefficient (Wildman–Crippen LogP) is 3.61. The van der Waals surface area contributed by atoms with E-state index < -0.39 is 17.7 Å². The molecule has 1 aromatic heterocycles. The fraction of sp³-hybridized carbons (Fsp3) is 0.268. The van der Waals surface area contributed by atoms with E-state index in [0.29, 0.717) is 48.7 Å². The third kappa shape index (κ3) is 8.77. The van der Waals surface area contributed by atoms with Gasteiger partial charge in [0.1, 0.15) is 11.5 Å². The van der Waals surface area contributed by atoms with Crippen LogP contribution in [0.5, 0.6) is 11.5 Å². The molecular weight excluding hydrogens is 692 g/mol. The summed E-state index contributed by atoms with van der Waals surface area (Å²) in [4.78, 5) is 52.1. The fourth-order valence-corrected chi connectivity index (χ4v) is 6.76. The van der Waals surface area contributed by atoms with Crippen molar-refractivity contribution >= 4 is 28.7 Å². The van der Waals surface area contributed by atoms with Gasteiger partial charge in [-0.25, -0.2) is 4.79 Å². The summed E-state index contributed by atoms with van der Waals surface area (Å²) in [5.74, 6) is -1.79. The van der Waals surface area contributed by atoms with Crippen molar-refractivity contribution in [2.24, 2.45) is 0 Å². The second kappa shape index (κ2) is 16.8. The number of aromatic amines is 1. The molecule has 4 aromatic carbocycles. The van der Waals surface area contributed by atoms with Crippen LogP contribution in [0.15, 0.2) is 108 Å². The van der Waals surface area contributed by atoms with Crippen LogP contribution in [0.2, 0.25) is 0 Å². The fourth-order valence-electron chi connectivity index (χ4n) is 6.76. The Bertz CT molecular complexity index is 2170. The number of carbonyl (C=O) groups is 3. The standard InChI is InChI=1S/C41H42N4O9/c46-34-19-17-32(33-18-20-36(48)45-38(33)34)35(47)23-42-22-25-9-11-26(12-10-25)39(50)44-30-15-13-29(14-16-30)43-37(49)24-54-31-8-4-7-28(21-31)41(53,40(51)52)27-5-2-1-3-6-27/h1-12,17-21,29-30,35,42,46-47,53H,13-16,22-24H2,(H,43,49)(H,44,50)(H,45,48)(H,51,52)/t29?,30?,35-,41-/m0/s1. The molecule has 5 aromatic rings. The van der Waals surface area contributed by atoms with E-state index in [1.807, 2.05) is 12.1 Å². The number of phenols is 1. The Morgan fingerprint density at radius 1 is 0.833 bits per heavy atom. The number of aromatic hydroxyl groups is 1. The van der Waals surface area contributed by atoms with Gasteiger partial charge in [0.25, 0.3) is 11.8 Å². The van der Waals surface area contributed by atoms with Crippen molar-refractivity contribution in [3.8, 4) is 11.5 Å². The summed E-state index contributed by atoms with van der Waals surface area (Å²) in [7, 11) is 0. The van der Waals surface area contributed by atoms with Crippen LogP contribution < -0.4 is 26.2 Å². The maximum Gasteiger partial charge on any atom is 0.345 e. The molecule has 1 aliphatic rings. The van der Waals surface area contributed by atoms with Gasteiger partial charge in [-0.15, -0.1) is 0 Å². The van der Waals surface area contributed by atoms with Crippen molar-refractivity contribution in [1.82, 2.24) is 20.9 Å². The molecule has 1 heterocycles. The molecule has 0 unspecified atom stereocenters. The van der Waals surface area contributed by atoms with Gasteiger partial charge >= 0.3 is 5.97 Å². The van der Waals surface area contributed by atoms with Gasteiger partial charge in [-0.05, 0) is 78.8 Å². The van der Waals surface area contributed by atoms with Gasteiger partial charge in [0.15, 0.2) is 6.61 Å². The van der Waals surface area contributed by atoms with Gasteiger partial charge in [0.05, 0.1) is 11.6 Å². The Labute approximate surface area is 310 Å². The zero-order valence-corrected chi connectivity index (χ0v) is 29.3. The highest BCUT2D eigenvalue weighted by Crippen LogP contribution is 2.32. The van der Waals surface area contributed by atoms with E-state index in [0.717, 1.165) is 5.56 Å². The number of aliphatic hydroxyl groups excluding tert-OH is 1. The van der Waals surface area contributed by atoms with Crippen LogP contribution in [0.4, 0.5) is 0 Å². The number of fused-ring (bicyclic) bond motifs is 1. The quantitative estimate of drug-likeness (QED) is 0.0831. The minimum Gasteiger partial charge on any atom is -0.506 e. The zero-order chi connectivity index (χ0) is 38.2. The molecule has 2 amide bonds. The number of hydrogen-bond acceptors (Lipinski definition) is 9. The Hall–Kier alpha value is -6.02. The van der Waals surface area contributed by atoms with E-state index in [-0.39, 0.29) is 70.8 Å². The van der Waals surface area contributed by atoms with Crippen LogP contribution in [-0.4, -0.2) is 68.4 Å². The molecule has 8 N–H and O–H groups in total. The number of nitrogens with one attached hydrogen (secondary N) is 4. The summed E-state index contributed by atoms with van der Waals surface area (Å²) in [6, 6.07) is 27.1. The summed E-state index contributed by atoms with van der Waals surface area (Å²) >= 11 is 0. The number of aliphatic carboxylic acids is 1. The molecule has 13 heteroatoms. The van der Waals surface area contributed by atoms with Crippen LogP contribution in [-0.2, 0) is 21.7 Å². The monoisotopic (exact) mass is 734 g/mol. The first-order valence-electron chi connectivity index (χ1n) is 17.7. The molecular formula is C41H42N4O9. The van der Waals surface area contributed by atoms with Crippen molar-refractivity contribution in [2.75, 3.05) is 13.2 Å². The van der Waals surface area contributed by atoms with Crippen LogP contribution in [0.1, 0.15) is 64.4 Å². The van der Waals surface area contributed by atoms with E-state index in [2.05, 4.69) is 20.9 Å². The van der Waals surface area contributed by atoms with Gasteiger partial charge in [0.2, 0.25) is 11.2 Å². The molecule has 1 aliphatic carbocycles. The van der Waals surface area contributed by atoms with Gasteiger partial charge in [0, 0.05) is 47.8 Å². The average Bonchev–Trinajstić information content (AvgIpc) is 3.18. The number of benzene rings is 4. The SMILES string of the molecule is O=C(COc1cccc([C@](O)(C(=O)O)c2ccccc2)c1)NC1CCC(NC(=O)c2ccc(CNC[C@H](O)c3ccc(O)c4[nH]c(=O)ccc34)cc2)CC1. The van der Waals surface area contributed by atoms with Crippen molar-refractivity contribution in [3.05, 3.63) is 141 Å². The van der Waals surface area contributed by atoms with Gasteiger partial charge < -0.3 is 46.1 Å². The van der Waals surface area contributed by atoms with Crippen molar-refractivity contribution in [2.45, 2.75) is 56.0 Å². The highest BCUT2D eigenvalue weighted by Gasteiger charge is 2.40. The molecule has 1 fully saturated rings. The molecule has 2 atom stereocenters. The number of pyridine rings is 1. The lowest BCUT2D eigenvalue weighted by molar-refractivity contribution is -0.155. The van der Waals surface area contributed by atoms with Crippen LogP contribution in [0, 0.1) is 0 Å². The Morgan fingerprint density at radius 3 is 2.22 bits per heavy atom. The number of carboxylic acids is 1. The van der Waals surface area contributed by atoms with Crippen LogP contribution in [0.25, 0.3) is 10.9 Å². The minimum absolute atomic E-state index is 0.0427. The first-order chi connectivity index (χ1) is 26.0. The molecule has 280 valence electrons. The number of amides is 2. The van der Waals surface area contributed by atoms with Gasteiger partial charge in [-0.2, -0.15) is 0 Å². The van der Waals surface area contributed by atoms with Gasteiger partial charge in [-0.3, -0.25) is 14.4 Å². The van der Waals surface area contributed by atoms with Crippen LogP contribution in [0.3, 0.4) is 0 Å². The smallest absolute Gasteiger partial charge is 0.345 e. The maximum atomic E-state index is 13.0. The lowest BCUT2D eigenvalue weighted by Crippen LogP contribution is -2.44. The molecule has 6 rings (SSSR count). The average molecular weight is 735 g/mol. The van der Waals surface area contributed by atoms with E-state index in [1.54, 1.807) is 54.6 Å². The summed E-state index contributed by atoms with van der Waals surface area (Å²) in [6.45, 7) is 0.378. The molecule has 0 aliphatic heterocycles. The molecule has 0 radical (unpaired) electrons. The number of hydrogen-bond donors (Lipinski definition) is 8. The molecule has 1 saturated carbocycles. The van der Waals surface area contributed by atoms with E-state index in [1.165, 1.54) is 36.4 Å². The minimum atomic E-state index is -2.29. The summed E-state index contributed by atoms with van der Waals surface area (Å²) < 4.78 is 5.66.